The summed E-state index contributed by atoms with van der Waals surface area (Å²) in [7, 11) is 3.42. The molecule has 1 N–H and O–H groups in total. The molecule has 0 saturated heterocycles. The number of aryl methyl sites for hydroxylation is 1. The van der Waals surface area contributed by atoms with Crippen molar-refractivity contribution >= 4 is 5.95 Å². The maximum Gasteiger partial charge on any atom is 0.225 e. The average Bonchev–Trinajstić information content (AvgIpc) is 2.21. The summed E-state index contributed by atoms with van der Waals surface area (Å²) in [6, 6.07) is 0. The van der Waals surface area contributed by atoms with Gasteiger partial charge in [-0.3, -0.25) is 0 Å². The van der Waals surface area contributed by atoms with E-state index in [2.05, 4.69) is 15.3 Å². The van der Waals surface area contributed by atoms with Gasteiger partial charge in [-0.1, -0.05) is 0 Å². The zero-order chi connectivity index (χ0) is 11.3. The van der Waals surface area contributed by atoms with E-state index >= 15 is 0 Å². The molecule has 1 rings (SSSR count). The fraction of sp³-hybridized carbons (Fsp3) is 0.600. The molecule has 1 aromatic heterocycles. The maximum absolute atomic E-state index is 5.61. The molecule has 5 nitrogen and oxygen atoms in total. The van der Waals surface area contributed by atoms with Gasteiger partial charge in [-0.05, 0) is 13.8 Å². The Balaban J connectivity index is 2.74. The molecule has 0 aliphatic carbocycles. The van der Waals surface area contributed by atoms with Gasteiger partial charge in [0.25, 0.3) is 0 Å². The van der Waals surface area contributed by atoms with Gasteiger partial charge < -0.3 is 14.8 Å². The molecular weight excluding hydrogens is 194 g/mol. The van der Waals surface area contributed by atoms with Crippen molar-refractivity contribution in [3.63, 3.8) is 0 Å². The largest absolute Gasteiger partial charge is 0.472 e. The lowest BCUT2D eigenvalue weighted by Crippen LogP contribution is -2.19. The van der Waals surface area contributed by atoms with Gasteiger partial charge in [0.05, 0.1) is 6.61 Å². The molecule has 0 saturated carbocycles. The second kappa shape index (κ2) is 5.50. The van der Waals surface area contributed by atoms with Gasteiger partial charge in [-0.15, -0.1) is 0 Å². The van der Waals surface area contributed by atoms with E-state index in [1.54, 1.807) is 20.4 Å². The van der Waals surface area contributed by atoms with E-state index in [0.717, 1.165) is 5.56 Å². The van der Waals surface area contributed by atoms with Crippen molar-refractivity contribution in [2.24, 2.45) is 0 Å². The first kappa shape index (κ1) is 11.7. The van der Waals surface area contributed by atoms with Crippen molar-refractivity contribution in [2.75, 3.05) is 26.1 Å². The first-order valence-corrected chi connectivity index (χ1v) is 4.84. The number of nitrogens with one attached hydrogen (secondary N) is 1. The van der Waals surface area contributed by atoms with Crippen molar-refractivity contribution in [2.45, 2.75) is 20.0 Å². The number of anilines is 1. The van der Waals surface area contributed by atoms with Crippen LogP contribution in [0.3, 0.4) is 0 Å². The quantitative estimate of drug-likeness (QED) is 0.794. The second-order valence-corrected chi connectivity index (χ2v) is 3.32. The highest BCUT2D eigenvalue weighted by Crippen LogP contribution is 2.16. The summed E-state index contributed by atoms with van der Waals surface area (Å²) in [5, 5.41) is 2.87. The molecule has 0 amide bonds. The summed E-state index contributed by atoms with van der Waals surface area (Å²) < 4.78 is 10.6. The Hall–Kier alpha value is -1.36. The lowest BCUT2D eigenvalue weighted by molar-refractivity contribution is 0.0884. The molecule has 0 aliphatic rings. The van der Waals surface area contributed by atoms with Crippen LogP contribution < -0.4 is 10.1 Å². The predicted molar refractivity (Wildman–Crippen MR) is 58.3 cm³/mol. The molecule has 0 aromatic carbocycles. The minimum absolute atomic E-state index is 0.0201. The highest BCUT2D eigenvalue weighted by molar-refractivity contribution is 5.31. The molecule has 1 aromatic rings. The number of ether oxygens (including phenoxy) is 2. The number of aromatic nitrogens is 2. The van der Waals surface area contributed by atoms with Crippen LogP contribution >= 0.6 is 0 Å². The van der Waals surface area contributed by atoms with E-state index in [0.29, 0.717) is 18.4 Å². The second-order valence-electron chi connectivity index (χ2n) is 3.32. The van der Waals surface area contributed by atoms with Gasteiger partial charge in [0.15, 0.2) is 0 Å². The Bertz CT molecular complexity index is 318. The average molecular weight is 211 g/mol. The van der Waals surface area contributed by atoms with Gasteiger partial charge in [-0.2, -0.15) is 4.98 Å². The molecule has 0 aliphatic heterocycles. The Morgan fingerprint density at radius 2 is 2.27 bits per heavy atom. The van der Waals surface area contributed by atoms with Crippen molar-refractivity contribution < 1.29 is 9.47 Å². The minimum Gasteiger partial charge on any atom is -0.472 e. The summed E-state index contributed by atoms with van der Waals surface area (Å²) in [4.78, 5) is 8.29. The molecule has 0 bridgehead atoms. The number of hydrogen-bond donors (Lipinski definition) is 1. The molecule has 0 radical (unpaired) electrons. The molecular formula is C10H17N3O2. The van der Waals surface area contributed by atoms with E-state index in [9.17, 15) is 0 Å². The first-order valence-electron chi connectivity index (χ1n) is 4.84. The fourth-order valence-electron chi connectivity index (χ4n) is 1.13. The summed E-state index contributed by atoms with van der Waals surface area (Å²) in [5.41, 5.74) is 0.914. The highest BCUT2D eigenvalue weighted by atomic mass is 16.5. The van der Waals surface area contributed by atoms with Crippen molar-refractivity contribution in [3.8, 4) is 5.88 Å². The Morgan fingerprint density at radius 3 is 2.87 bits per heavy atom. The van der Waals surface area contributed by atoms with Crippen molar-refractivity contribution in [1.29, 1.82) is 0 Å². The van der Waals surface area contributed by atoms with Crippen LogP contribution in [-0.4, -0.2) is 36.8 Å². The van der Waals surface area contributed by atoms with E-state index in [1.165, 1.54) is 0 Å². The Labute approximate surface area is 89.8 Å². The van der Waals surface area contributed by atoms with E-state index in [4.69, 9.17) is 9.47 Å². The lowest BCUT2D eigenvalue weighted by atomic mass is 10.3. The lowest BCUT2D eigenvalue weighted by Gasteiger charge is -2.14. The topological polar surface area (TPSA) is 56.3 Å². The van der Waals surface area contributed by atoms with Gasteiger partial charge >= 0.3 is 0 Å². The monoisotopic (exact) mass is 211 g/mol. The van der Waals surface area contributed by atoms with Crippen molar-refractivity contribution in [1.82, 2.24) is 9.97 Å². The van der Waals surface area contributed by atoms with Crippen LogP contribution in [0, 0.1) is 6.92 Å². The van der Waals surface area contributed by atoms with E-state index in [1.807, 2.05) is 13.8 Å². The normalized spacial score (nSPS) is 12.3. The highest BCUT2D eigenvalue weighted by Gasteiger charge is 2.08. The number of methoxy groups -OCH3 is 1. The smallest absolute Gasteiger partial charge is 0.225 e. The van der Waals surface area contributed by atoms with E-state index < -0.39 is 0 Å². The molecule has 15 heavy (non-hydrogen) atoms. The maximum atomic E-state index is 5.61. The van der Waals surface area contributed by atoms with Crippen molar-refractivity contribution in [3.05, 3.63) is 11.8 Å². The van der Waals surface area contributed by atoms with Crippen LogP contribution in [0.15, 0.2) is 6.20 Å². The molecule has 0 fully saturated rings. The minimum atomic E-state index is -0.0201. The predicted octanol–water partition coefficient (Wildman–Crippen LogP) is 1.24. The number of hydrogen-bond acceptors (Lipinski definition) is 5. The standard InChI is InChI=1S/C10H17N3O2/c1-7-5-12-10(11-3)13-9(7)15-8(2)6-14-4/h5,8H,6H2,1-4H3,(H,11,12,13). The molecule has 1 unspecified atom stereocenters. The third-order valence-electron chi connectivity index (χ3n) is 1.86. The van der Waals surface area contributed by atoms with Crippen LogP contribution in [0.2, 0.25) is 0 Å². The van der Waals surface area contributed by atoms with Gasteiger partial charge in [-0.25, -0.2) is 4.98 Å². The first-order chi connectivity index (χ1) is 7.17. The number of rotatable bonds is 5. The fourth-order valence-corrected chi connectivity index (χ4v) is 1.13. The summed E-state index contributed by atoms with van der Waals surface area (Å²) in [6.07, 6.45) is 1.71. The van der Waals surface area contributed by atoms with Crippen LogP contribution in [-0.2, 0) is 4.74 Å². The molecule has 1 atom stereocenters. The third kappa shape index (κ3) is 3.36. The van der Waals surface area contributed by atoms with Crippen LogP contribution in [0.5, 0.6) is 5.88 Å². The number of nitrogens with zero attached hydrogens (tertiary/aromatic N) is 2. The summed E-state index contributed by atoms with van der Waals surface area (Å²) in [5.74, 6) is 1.15. The Kier molecular flexibility index (Phi) is 4.30. The van der Waals surface area contributed by atoms with Gasteiger partial charge in [0.2, 0.25) is 11.8 Å². The zero-order valence-electron chi connectivity index (χ0n) is 9.57. The van der Waals surface area contributed by atoms with Gasteiger partial charge in [0, 0.05) is 25.9 Å². The molecule has 84 valence electrons. The molecule has 5 heteroatoms. The zero-order valence-corrected chi connectivity index (χ0v) is 9.57. The summed E-state index contributed by atoms with van der Waals surface area (Å²) >= 11 is 0. The summed E-state index contributed by atoms with van der Waals surface area (Å²) in [6.45, 7) is 4.39. The SMILES string of the molecule is CNc1ncc(C)c(OC(C)COC)n1. The van der Waals surface area contributed by atoms with Crippen LogP contribution in [0.25, 0.3) is 0 Å². The third-order valence-corrected chi connectivity index (χ3v) is 1.86. The van der Waals surface area contributed by atoms with Gasteiger partial charge in [0.1, 0.15) is 6.10 Å². The van der Waals surface area contributed by atoms with Crippen LogP contribution in [0.1, 0.15) is 12.5 Å². The Morgan fingerprint density at radius 1 is 1.53 bits per heavy atom. The molecule has 0 spiro atoms. The van der Waals surface area contributed by atoms with E-state index in [-0.39, 0.29) is 6.10 Å². The molecule has 1 heterocycles. The van der Waals surface area contributed by atoms with Crippen LogP contribution in [0.4, 0.5) is 5.95 Å².